The summed E-state index contributed by atoms with van der Waals surface area (Å²) in [6, 6.07) is 1.49. The smallest absolute Gasteiger partial charge is 0.141 e. The van der Waals surface area contributed by atoms with E-state index in [2.05, 4.69) is 10.3 Å². The average Bonchev–Trinajstić information content (AvgIpc) is 2.24. The number of likely N-dealkylation sites (N-methyl/N-ethyl adjacent to an activating group) is 1. The second kappa shape index (κ2) is 6.55. The zero-order valence-corrected chi connectivity index (χ0v) is 10.0. The fourth-order valence-electron chi connectivity index (χ4n) is 1.43. The third kappa shape index (κ3) is 4.24. The van der Waals surface area contributed by atoms with Crippen LogP contribution in [0.25, 0.3) is 0 Å². The summed E-state index contributed by atoms with van der Waals surface area (Å²) in [6.45, 7) is 7.30. The summed E-state index contributed by atoms with van der Waals surface area (Å²) in [5.74, 6) is -0.315. The van der Waals surface area contributed by atoms with Gasteiger partial charge in [-0.25, -0.2) is 4.39 Å². The van der Waals surface area contributed by atoms with E-state index in [9.17, 15) is 4.39 Å². The Labute approximate surface area is 96.0 Å². The maximum Gasteiger partial charge on any atom is 0.141 e. The van der Waals surface area contributed by atoms with Crippen molar-refractivity contribution in [2.24, 2.45) is 0 Å². The third-order valence-electron chi connectivity index (χ3n) is 2.18. The van der Waals surface area contributed by atoms with Gasteiger partial charge in [0.2, 0.25) is 0 Å². The van der Waals surface area contributed by atoms with E-state index in [-0.39, 0.29) is 18.0 Å². The Morgan fingerprint density at radius 3 is 2.75 bits per heavy atom. The van der Waals surface area contributed by atoms with Crippen LogP contribution >= 0.6 is 0 Å². The maximum absolute atomic E-state index is 13.0. The van der Waals surface area contributed by atoms with Crippen LogP contribution in [0.5, 0.6) is 0 Å². The lowest BCUT2D eigenvalue weighted by atomic mass is 10.1. The molecule has 0 bridgehead atoms. The number of rotatable bonds is 6. The van der Waals surface area contributed by atoms with Crippen molar-refractivity contribution in [1.29, 1.82) is 0 Å². The van der Waals surface area contributed by atoms with Gasteiger partial charge in [0.1, 0.15) is 5.82 Å². The van der Waals surface area contributed by atoms with E-state index in [0.717, 1.165) is 12.1 Å². The molecule has 1 atom stereocenters. The van der Waals surface area contributed by atoms with Gasteiger partial charge in [0.15, 0.2) is 0 Å². The summed E-state index contributed by atoms with van der Waals surface area (Å²) >= 11 is 0. The number of halogens is 1. The van der Waals surface area contributed by atoms with Crippen LogP contribution in [0.2, 0.25) is 0 Å². The highest BCUT2D eigenvalue weighted by atomic mass is 19.1. The Morgan fingerprint density at radius 2 is 2.19 bits per heavy atom. The number of aromatic nitrogens is 1. The molecule has 4 heteroatoms. The molecule has 0 aliphatic carbocycles. The van der Waals surface area contributed by atoms with E-state index >= 15 is 0 Å². The van der Waals surface area contributed by atoms with Gasteiger partial charge in [-0.1, -0.05) is 6.92 Å². The minimum atomic E-state index is -0.315. The van der Waals surface area contributed by atoms with Gasteiger partial charge in [0.25, 0.3) is 0 Å². The van der Waals surface area contributed by atoms with Gasteiger partial charge in [-0.2, -0.15) is 0 Å². The van der Waals surface area contributed by atoms with Crippen LogP contribution in [-0.4, -0.2) is 24.2 Å². The van der Waals surface area contributed by atoms with Gasteiger partial charge in [0, 0.05) is 6.20 Å². The summed E-state index contributed by atoms with van der Waals surface area (Å²) in [6.07, 6.45) is 3.04. The maximum atomic E-state index is 13.0. The van der Waals surface area contributed by atoms with Gasteiger partial charge in [-0.15, -0.1) is 0 Å². The second-order valence-electron chi connectivity index (χ2n) is 3.93. The molecule has 1 unspecified atom stereocenters. The minimum Gasteiger partial charge on any atom is -0.377 e. The van der Waals surface area contributed by atoms with Crippen LogP contribution in [0.1, 0.15) is 32.4 Å². The molecule has 1 aromatic heterocycles. The molecular weight excluding hydrogens is 207 g/mol. The Morgan fingerprint density at radius 1 is 1.44 bits per heavy atom. The van der Waals surface area contributed by atoms with Crippen molar-refractivity contribution < 1.29 is 9.13 Å². The zero-order valence-electron chi connectivity index (χ0n) is 10.0. The Bertz CT molecular complexity index is 318. The molecule has 0 saturated carbocycles. The molecule has 0 aliphatic heterocycles. The Kier molecular flexibility index (Phi) is 5.35. The van der Waals surface area contributed by atoms with Crippen molar-refractivity contribution in [3.8, 4) is 0 Å². The lowest BCUT2D eigenvalue weighted by Gasteiger charge is -2.19. The normalized spacial score (nSPS) is 13.1. The van der Waals surface area contributed by atoms with E-state index in [1.165, 1.54) is 12.3 Å². The van der Waals surface area contributed by atoms with E-state index in [4.69, 9.17) is 4.74 Å². The standard InChI is InChI=1S/C12H19FN2O/c1-4-15-12(8-16-9(2)3)10-5-11(13)7-14-6-10/h5-7,9,12,15H,4,8H2,1-3H3. The summed E-state index contributed by atoms with van der Waals surface area (Å²) in [4.78, 5) is 3.84. The van der Waals surface area contributed by atoms with Crippen LogP contribution in [0.3, 0.4) is 0 Å². The van der Waals surface area contributed by atoms with Crippen molar-refractivity contribution in [3.63, 3.8) is 0 Å². The van der Waals surface area contributed by atoms with Crippen LogP contribution < -0.4 is 5.32 Å². The number of nitrogens with zero attached hydrogens (tertiary/aromatic N) is 1. The van der Waals surface area contributed by atoms with E-state index in [1.54, 1.807) is 6.20 Å². The summed E-state index contributed by atoms with van der Waals surface area (Å²) in [7, 11) is 0. The fourth-order valence-corrected chi connectivity index (χ4v) is 1.43. The third-order valence-corrected chi connectivity index (χ3v) is 2.18. The number of ether oxygens (including phenoxy) is 1. The number of hydrogen-bond donors (Lipinski definition) is 1. The summed E-state index contributed by atoms with van der Waals surface area (Å²) in [5, 5.41) is 3.25. The van der Waals surface area contributed by atoms with Crippen molar-refractivity contribution in [1.82, 2.24) is 10.3 Å². The molecule has 0 radical (unpaired) electrons. The molecule has 1 rings (SSSR count). The molecule has 1 N–H and O–H groups in total. The largest absolute Gasteiger partial charge is 0.377 e. The molecule has 1 heterocycles. The predicted octanol–water partition coefficient (Wildman–Crippen LogP) is 2.30. The van der Waals surface area contributed by atoms with Crippen LogP contribution in [0.15, 0.2) is 18.5 Å². The van der Waals surface area contributed by atoms with Gasteiger partial charge in [-0.3, -0.25) is 4.98 Å². The lowest BCUT2D eigenvalue weighted by molar-refractivity contribution is 0.0613. The molecule has 0 saturated heterocycles. The van der Waals surface area contributed by atoms with Crippen molar-refractivity contribution >= 4 is 0 Å². The summed E-state index contributed by atoms with van der Waals surface area (Å²) in [5.41, 5.74) is 0.822. The molecule has 0 amide bonds. The highest BCUT2D eigenvalue weighted by Crippen LogP contribution is 2.13. The molecule has 0 aliphatic rings. The van der Waals surface area contributed by atoms with Gasteiger partial charge >= 0.3 is 0 Å². The molecule has 3 nitrogen and oxygen atoms in total. The SMILES string of the molecule is CCNC(COC(C)C)c1cncc(F)c1. The quantitative estimate of drug-likeness (QED) is 0.808. The number of hydrogen-bond acceptors (Lipinski definition) is 3. The fraction of sp³-hybridized carbons (Fsp3) is 0.583. The predicted molar refractivity (Wildman–Crippen MR) is 61.7 cm³/mol. The molecule has 1 aromatic rings. The minimum absolute atomic E-state index is 0.00407. The zero-order chi connectivity index (χ0) is 12.0. The van der Waals surface area contributed by atoms with Gasteiger partial charge in [0.05, 0.1) is 24.9 Å². The van der Waals surface area contributed by atoms with Gasteiger partial charge < -0.3 is 10.1 Å². The van der Waals surface area contributed by atoms with Crippen molar-refractivity contribution in [3.05, 3.63) is 29.8 Å². The first-order valence-corrected chi connectivity index (χ1v) is 5.59. The average molecular weight is 226 g/mol. The number of pyridine rings is 1. The monoisotopic (exact) mass is 226 g/mol. The number of nitrogens with one attached hydrogen (secondary N) is 1. The van der Waals surface area contributed by atoms with Crippen molar-refractivity contribution in [2.45, 2.75) is 32.9 Å². The van der Waals surface area contributed by atoms with Crippen LogP contribution in [0.4, 0.5) is 4.39 Å². The molecule has 90 valence electrons. The highest BCUT2D eigenvalue weighted by molar-refractivity contribution is 5.15. The molecule has 0 aromatic carbocycles. The second-order valence-corrected chi connectivity index (χ2v) is 3.93. The van der Waals surface area contributed by atoms with E-state index in [0.29, 0.717) is 6.61 Å². The topological polar surface area (TPSA) is 34.1 Å². The first-order chi connectivity index (χ1) is 7.63. The Balaban J connectivity index is 2.68. The van der Waals surface area contributed by atoms with Gasteiger partial charge in [-0.05, 0) is 32.0 Å². The van der Waals surface area contributed by atoms with Crippen LogP contribution in [0, 0.1) is 5.82 Å². The Hall–Kier alpha value is -1.00. The first-order valence-electron chi connectivity index (χ1n) is 5.59. The van der Waals surface area contributed by atoms with Crippen molar-refractivity contribution in [2.75, 3.05) is 13.2 Å². The molecule has 0 spiro atoms. The highest BCUT2D eigenvalue weighted by Gasteiger charge is 2.12. The summed E-state index contributed by atoms with van der Waals surface area (Å²) < 4.78 is 18.6. The molecule has 0 fully saturated rings. The molecule has 16 heavy (non-hydrogen) atoms. The molecular formula is C12H19FN2O. The first kappa shape index (κ1) is 13.1. The van der Waals surface area contributed by atoms with E-state index < -0.39 is 0 Å². The van der Waals surface area contributed by atoms with Crippen LogP contribution in [-0.2, 0) is 4.74 Å². The van der Waals surface area contributed by atoms with E-state index in [1.807, 2.05) is 20.8 Å². The lowest BCUT2D eigenvalue weighted by Crippen LogP contribution is -2.26.